The maximum atomic E-state index is 12.1. The first-order valence-corrected chi connectivity index (χ1v) is 6.71. The van der Waals surface area contributed by atoms with E-state index in [0.717, 1.165) is 19.3 Å². The lowest BCUT2D eigenvalue weighted by Crippen LogP contribution is -2.48. The van der Waals surface area contributed by atoms with Crippen LogP contribution in [0.1, 0.15) is 40.0 Å². The van der Waals surface area contributed by atoms with Crippen molar-refractivity contribution in [2.24, 2.45) is 11.8 Å². The van der Waals surface area contributed by atoms with E-state index in [2.05, 4.69) is 19.2 Å². The van der Waals surface area contributed by atoms with Crippen LogP contribution >= 0.6 is 0 Å². The molecule has 5 nitrogen and oxygen atoms in total. The van der Waals surface area contributed by atoms with Crippen LogP contribution in [0.4, 0.5) is 4.79 Å². The van der Waals surface area contributed by atoms with Crippen LogP contribution in [0.5, 0.6) is 0 Å². The second-order valence-electron chi connectivity index (χ2n) is 5.43. The van der Waals surface area contributed by atoms with Gasteiger partial charge in [-0.1, -0.05) is 20.8 Å². The number of carboxylic acid groups (broad SMARTS) is 1. The quantitative estimate of drug-likeness (QED) is 0.731. The van der Waals surface area contributed by atoms with E-state index in [1.54, 1.807) is 0 Å². The van der Waals surface area contributed by atoms with Crippen molar-refractivity contribution in [1.82, 2.24) is 10.2 Å². The van der Waals surface area contributed by atoms with Gasteiger partial charge in [-0.3, -0.25) is 4.79 Å². The molecule has 0 radical (unpaired) electrons. The van der Waals surface area contributed by atoms with Gasteiger partial charge in [0, 0.05) is 12.6 Å². The van der Waals surface area contributed by atoms with Crippen LogP contribution in [0.2, 0.25) is 0 Å². The molecule has 1 fully saturated rings. The van der Waals surface area contributed by atoms with Crippen LogP contribution in [-0.4, -0.2) is 41.1 Å². The van der Waals surface area contributed by atoms with Gasteiger partial charge in [0.2, 0.25) is 0 Å². The number of carboxylic acids is 1. The number of nitrogens with zero attached hydrogens (tertiary/aromatic N) is 1. The summed E-state index contributed by atoms with van der Waals surface area (Å²) in [5.74, 6) is -0.107. The van der Waals surface area contributed by atoms with Crippen molar-refractivity contribution in [3.05, 3.63) is 0 Å². The Bertz CT molecular complexity index is 301. The summed E-state index contributed by atoms with van der Waals surface area (Å²) < 4.78 is 0. The summed E-state index contributed by atoms with van der Waals surface area (Å²) in [6.07, 6.45) is 3.06. The molecule has 1 aliphatic carbocycles. The second kappa shape index (κ2) is 6.61. The molecule has 0 spiro atoms. The Morgan fingerprint density at radius 3 is 2.39 bits per heavy atom. The van der Waals surface area contributed by atoms with E-state index < -0.39 is 5.97 Å². The predicted molar refractivity (Wildman–Crippen MR) is 69.4 cm³/mol. The Labute approximate surface area is 109 Å². The van der Waals surface area contributed by atoms with Gasteiger partial charge in [-0.05, 0) is 31.1 Å². The molecule has 18 heavy (non-hydrogen) atoms. The van der Waals surface area contributed by atoms with Crippen molar-refractivity contribution < 1.29 is 14.7 Å². The van der Waals surface area contributed by atoms with Gasteiger partial charge in [0.15, 0.2) is 0 Å². The molecule has 104 valence electrons. The molecular weight excluding hydrogens is 232 g/mol. The lowest BCUT2D eigenvalue weighted by atomic mass is 10.0. The molecule has 1 saturated carbocycles. The van der Waals surface area contributed by atoms with Crippen LogP contribution in [-0.2, 0) is 4.79 Å². The molecule has 0 aromatic heterocycles. The standard InChI is InChI=1S/C13H24N2O3/c1-4-11(9(2)3)14-13(18)15(8-12(16)17)7-10-5-6-10/h9-11H,4-8H2,1-3H3,(H,14,18)(H,16,17). The number of aliphatic carboxylic acids is 1. The Balaban J connectivity index is 2.53. The average Bonchev–Trinajstić information content (AvgIpc) is 3.07. The van der Waals surface area contributed by atoms with E-state index in [1.165, 1.54) is 4.90 Å². The van der Waals surface area contributed by atoms with E-state index in [4.69, 9.17) is 5.11 Å². The number of rotatable bonds is 7. The topological polar surface area (TPSA) is 69.6 Å². The highest BCUT2D eigenvalue weighted by atomic mass is 16.4. The molecule has 0 bridgehead atoms. The summed E-state index contributed by atoms with van der Waals surface area (Å²) in [7, 11) is 0. The molecule has 5 heteroatoms. The minimum absolute atomic E-state index is 0.105. The number of carbonyl (C=O) groups is 2. The number of nitrogens with one attached hydrogen (secondary N) is 1. The van der Waals surface area contributed by atoms with Gasteiger partial charge in [0.05, 0.1) is 0 Å². The average molecular weight is 256 g/mol. The SMILES string of the molecule is CCC(NC(=O)N(CC(=O)O)CC1CC1)C(C)C. The molecule has 2 amide bonds. The number of hydrogen-bond donors (Lipinski definition) is 2. The molecule has 1 rings (SSSR count). The normalized spacial score (nSPS) is 16.4. The van der Waals surface area contributed by atoms with Gasteiger partial charge in [-0.2, -0.15) is 0 Å². The van der Waals surface area contributed by atoms with Crippen LogP contribution < -0.4 is 5.32 Å². The molecule has 0 aliphatic heterocycles. The van der Waals surface area contributed by atoms with Crippen LogP contribution in [0.3, 0.4) is 0 Å². The third-order valence-electron chi connectivity index (χ3n) is 3.34. The molecule has 1 unspecified atom stereocenters. The minimum Gasteiger partial charge on any atom is -0.480 e. The van der Waals surface area contributed by atoms with E-state index >= 15 is 0 Å². The van der Waals surface area contributed by atoms with Crippen molar-refractivity contribution in [1.29, 1.82) is 0 Å². The number of hydrogen-bond acceptors (Lipinski definition) is 2. The van der Waals surface area contributed by atoms with Crippen molar-refractivity contribution in [3.63, 3.8) is 0 Å². The fraction of sp³-hybridized carbons (Fsp3) is 0.846. The fourth-order valence-electron chi connectivity index (χ4n) is 1.98. The highest BCUT2D eigenvalue weighted by Gasteiger charge is 2.28. The van der Waals surface area contributed by atoms with Gasteiger partial charge in [0.25, 0.3) is 0 Å². The third kappa shape index (κ3) is 4.94. The van der Waals surface area contributed by atoms with Gasteiger partial charge >= 0.3 is 12.0 Å². The Kier molecular flexibility index (Phi) is 5.44. The highest BCUT2D eigenvalue weighted by molar-refractivity contribution is 5.80. The van der Waals surface area contributed by atoms with Crippen molar-refractivity contribution in [3.8, 4) is 0 Å². The van der Waals surface area contributed by atoms with Gasteiger partial charge < -0.3 is 15.3 Å². The number of urea groups is 1. The van der Waals surface area contributed by atoms with Crippen molar-refractivity contribution in [2.75, 3.05) is 13.1 Å². The Morgan fingerprint density at radius 2 is 2.00 bits per heavy atom. The summed E-state index contributed by atoms with van der Waals surface area (Å²) >= 11 is 0. The van der Waals surface area contributed by atoms with Crippen LogP contribution in [0, 0.1) is 11.8 Å². The maximum Gasteiger partial charge on any atom is 0.323 e. The fourth-order valence-corrected chi connectivity index (χ4v) is 1.98. The largest absolute Gasteiger partial charge is 0.480 e. The third-order valence-corrected chi connectivity index (χ3v) is 3.34. The highest BCUT2D eigenvalue weighted by Crippen LogP contribution is 2.29. The Morgan fingerprint density at radius 1 is 1.39 bits per heavy atom. The summed E-state index contributed by atoms with van der Waals surface area (Å²) in [5.41, 5.74) is 0. The first-order chi connectivity index (χ1) is 8.43. The number of carbonyl (C=O) groups excluding carboxylic acids is 1. The molecule has 2 N–H and O–H groups in total. The summed E-state index contributed by atoms with van der Waals surface area (Å²) in [6.45, 7) is 6.48. The van der Waals surface area contributed by atoms with Crippen LogP contribution in [0.15, 0.2) is 0 Å². The monoisotopic (exact) mass is 256 g/mol. The first-order valence-electron chi connectivity index (χ1n) is 6.71. The summed E-state index contributed by atoms with van der Waals surface area (Å²) in [6, 6.07) is -0.141. The molecule has 0 aromatic carbocycles. The summed E-state index contributed by atoms with van der Waals surface area (Å²) in [5, 5.41) is 11.8. The smallest absolute Gasteiger partial charge is 0.323 e. The Hall–Kier alpha value is -1.26. The second-order valence-corrected chi connectivity index (χ2v) is 5.43. The van der Waals surface area contributed by atoms with E-state index in [9.17, 15) is 9.59 Å². The maximum absolute atomic E-state index is 12.1. The van der Waals surface area contributed by atoms with E-state index in [1.807, 2.05) is 6.92 Å². The molecule has 0 saturated heterocycles. The van der Waals surface area contributed by atoms with Crippen molar-refractivity contribution in [2.45, 2.75) is 46.1 Å². The molecule has 1 aliphatic rings. The lowest BCUT2D eigenvalue weighted by molar-refractivity contribution is -0.137. The molecule has 1 atom stereocenters. The van der Waals surface area contributed by atoms with Gasteiger partial charge in [-0.15, -0.1) is 0 Å². The van der Waals surface area contributed by atoms with E-state index in [0.29, 0.717) is 18.4 Å². The lowest BCUT2D eigenvalue weighted by Gasteiger charge is -2.26. The molecule has 0 heterocycles. The number of amides is 2. The minimum atomic E-state index is -0.955. The van der Waals surface area contributed by atoms with E-state index in [-0.39, 0.29) is 18.6 Å². The van der Waals surface area contributed by atoms with Crippen LogP contribution in [0.25, 0.3) is 0 Å². The summed E-state index contributed by atoms with van der Waals surface area (Å²) in [4.78, 5) is 24.3. The van der Waals surface area contributed by atoms with Crippen molar-refractivity contribution >= 4 is 12.0 Å². The predicted octanol–water partition coefficient (Wildman–Crippen LogP) is 1.93. The zero-order valence-corrected chi connectivity index (χ0v) is 11.5. The first kappa shape index (κ1) is 14.8. The van der Waals surface area contributed by atoms with Gasteiger partial charge in [-0.25, -0.2) is 4.79 Å². The van der Waals surface area contributed by atoms with Gasteiger partial charge in [0.1, 0.15) is 6.54 Å². The zero-order valence-electron chi connectivity index (χ0n) is 11.5. The molecule has 0 aromatic rings. The molecular formula is C13H24N2O3. The zero-order chi connectivity index (χ0) is 13.7.